The summed E-state index contributed by atoms with van der Waals surface area (Å²) in [5.74, 6) is -0.270. The number of aromatic nitrogens is 2. The summed E-state index contributed by atoms with van der Waals surface area (Å²) in [6, 6.07) is -0.668. The van der Waals surface area contributed by atoms with E-state index in [4.69, 9.17) is 4.74 Å². The molecule has 0 spiro atoms. The number of amides is 1. The summed E-state index contributed by atoms with van der Waals surface area (Å²) in [6.07, 6.45) is 3.79. The number of alkyl carbamates (subject to hydrolysis) is 1. The number of carbonyl (C=O) groups is 2. The highest BCUT2D eigenvalue weighted by Crippen LogP contribution is 2.06. The summed E-state index contributed by atoms with van der Waals surface area (Å²) in [5, 5.41) is 2.47. The van der Waals surface area contributed by atoms with E-state index in [9.17, 15) is 9.59 Å². The number of hydrogen-bond donors (Lipinski definition) is 1. The molecule has 6 nitrogen and oxygen atoms in total. The van der Waals surface area contributed by atoms with Crippen LogP contribution in [0.15, 0.2) is 18.7 Å². The fraction of sp³-hybridized carbons (Fsp3) is 0.545. The maximum atomic E-state index is 11.8. The van der Waals surface area contributed by atoms with Gasteiger partial charge < -0.3 is 10.1 Å². The van der Waals surface area contributed by atoms with Crippen LogP contribution in [0.4, 0.5) is 4.79 Å². The van der Waals surface area contributed by atoms with Gasteiger partial charge >= 0.3 is 6.09 Å². The Kier molecular flexibility index (Phi) is 3.88. The predicted molar refractivity (Wildman–Crippen MR) is 61.7 cm³/mol. The first-order chi connectivity index (χ1) is 7.79. The van der Waals surface area contributed by atoms with Crippen LogP contribution in [0.25, 0.3) is 0 Å². The first-order valence-electron chi connectivity index (χ1n) is 5.31. The quantitative estimate of drug-likeness (QED) is 0.847. The lowest BCUT2D eigenvalue weighted by molar-refractivity contribution is 0.0488. The lowest BCUT2D eigenvalue weighted by Gasteiger charge is -2.21. The average molecular weight is 239 g/mol. The van der Waals surface area contributed by atoms with Crippen LogP contribution in [0.5, 0.6) is 0 Å². The molecule has 0 saturated carbocycles. The molecule has 1 rings (SSSR count). The molecule has 6 heteroatoms. The third-order valence-corrected chi connectivity index (χ3v) is 1.86. The third-order valence-electron chi connectivity index (χ3n) is 1.86. The summed E-state index contributed by atoms with van der Waals surface area (Å²) < 4.78 is 6.36. The zero-order chi connectivity index (χ0) is 13.1. The maximum absolute atomic E-state index is 11.8. The predicted octanol–water partition coefficient (Wildman–Crippen LogP) is 1.44. The second-order valence-corrected chi connectivity index (χ2v) is 4.68. The normalized spacial score (nSPS) is 12.9. The average Bonchev–Trinajstić information content (AvgIpc) is 2.65. The van der Waals surface area contributed by atoms with E-state index in [0.717, 1.165) is 0 Å². The Balaban J connectivity index is 2.52. The molecule has 1 aromatic heterocycles. The summed E-state index contributed by atoms with van der Waals surface area (Å²) >= 11 is 0. The minimum absolute atomic E-state index is 0.270. The van der Waals surface area contributed by atoms with E-state index in [0.29, 0.717) is 0 Å². The van der Waals surface area contributed by atoms with Gasteiger partial charge in [0.05, 0.1) is 0 Å². The number of rotatable bonds is 2. The van der Waals surface area contributed by atoms with Crippen molar-refractivity contribution in [3.05, 3.63) is 18.7 Å². The minimum Gasteiger partial charge on any atom is -0.444 e. The molecule has 0 aliphatic heterocycles. The van der Waals surface area contributed by atoms with E-state index in [1.807, 2.05) is 0 Å². The van der Waals surface area contributed by atoms with Crippen LogP contribution in [0.1, 0.15) is 32.5 Å². The molecular formula is C11H17N3O3. The SMILES string of the molecule is CC(NC(=O)OC(C)(C)C)C(=O)n1ccnc1. The number of ether oxygens (including phenoxy) is 1. The molecule has 1 atom stereocenters. The molecule has 0 saturated heterocycles. The van der Waals surface area contributed by atoms with Crippen LogP contribution in [0, 0.1) is 0 Å². The number of carbonyl (C=O) groups excluding carboxylic acids is 2. The Morgan fingerprint density at radius 3 is 2.53 bits per heavy atom. The Morgan fingerprint density at radius 2 is 2.06 bits per heavy atom. The van der Waals surface area contributed by atoms with E-state index in [1.165, 1.54) is 23.3 Å². The van der Waals surface area contributed by atoms with Gasteiger partial charge in [-0.2, -0.15) is 0 Å². The molecule has 1 N–H and O–H groups in total. The van der Waals surface area contributed by atoms with E-state index in [-0.39, 0.29) is 5.91 Å². The number of imidazole rings is 1. The van der Waals surface area contributed by atoms with Gasteiger partial charge in [0.2, 0.25) is 0 Å². The highest BCUT2D eigenvalue weighted by atomic mass is 16.6. The van der Waals surface area contributed by atoms with Crippen molar-refractivity contribution in [1.29, 1.82) is 0 Å². The van der Waals surface area contributed by atoms with Crippen LogP contribution >= 0.6 is 0 Å². The number of nitrogens with zero attached hydrogens (tertiary/aromatic N) is 2. The van der Waals surface area contributed by atoms with Crippen molar-refractivity contribution in [2.75, 3.05) is 0 Å². The molecule has 0 radical (unpaired) electrons. The molecule has 1 aromatic rings. The highest BCUT2D eigenvalue weighted by Gasteiger charge is 2.21. The van der Waals surface area contributed by atoms with Crippen molar-refractivity contribution in [3.8, 4) is 0 Å². The molecule has 0 aliphatic rings. The standard InChI is InChI=1S/C11H17N3O3/c1-8(9(15)14-6-5-12-7-14)13-10(16)17-11(2,3)4/h5-8H,1-4H3,(H,13,16). The van der Waals surface area contributed by atoms with E-state index in [2.05, 4.69) is 10.3 Å². The van der Waals surface area contributed by atoms with Crippen molar-refractivity contribution >= 4 is 12.0 Å². The summed E-state index contributed by atoms with van der Waals surface area (Å²) in [6.45, 7) is 6.87. The molecule has 0 aliphatic carbocycles. The molecule has 0 bridgehead atoms. The van der Waals surface area contributed by atoms with Crippen LogP contribution in [0.3, 0.4) is 0 Å². The van der Waals surface area contributed by atoms with Crippen molar-refractivity contribution in [1.82, 2.24) is 14.9 Å². The van der Waals surface area contributed by atoms with E-state index >= 15 is 0 Å². The fourth-order valence-electron chi connectivity index (χ4n) is 1.16. The minimum atomic E-state index is -0.668. The van der Waals surface area contributed by atoms with Crippen LogP contribution in [-0.2, 0) is 4.74 Å². The zero-order valence-electron chi connectivity index (χ0n) is 10.4. The van der Waals surface area contributed by atoms with Crippen LogP contribution in [0.2, 0.25) is 0 Å². The molecule has 1 amide bonds. The summed E-state index contributed by atoms with van der Waals surface area (Å²) in [4.78, 5) is 27.0. The van der Waals surface area contributed by atoms with E-state index in [1.54, 1.807) is 27.7 Å². The number of hydrogen-bond acceptors (Lipinski definition) is 4. The van der Waals surface area contributed by atoms with Gasteiger partial charge in [0, 0.05) is 12.4 Å². The fourth-order valence-corrected chi connectivity index (χ4v) is 1.16. The van der Waals surface area contributed by atoms with Crippen molar-refractivity contribution < 1.29 is 14.3 Å². The maximum Gasteiger partial charge on any atom is 0.408 e. The zero-order valence-corrected chi connectivity index (χ0v) is 10.4. The van der Waals surface area contributed by atoms with Crippen LogP contribution < -0.4 is 5.32 Å². The second kappa shape index (κ2) is 4.99. The Bertz CT molecular complexity index is 393. The van der Waals surface area contributed by atoms with Crippen LogP contribution in [-0.4, -0.2) is 33.2 Å². The summed E-state index contributed by atoms with van der Waals surface area (Å²) in [5.41, 5.74) is -0.581. The van der Waals surface area contributed by atoms with E-state index < -0.39 is 17.7 Å². The van der Waals surface area contributed by atoms with Gasteiger partial charge in [-0.25, -0.2) is 9.78 Å². The third kappa shape index (κ3) is 4.26. The summed E-state index contributed by atoms with van der Waals surface area (Å²) in [7, 11) is 0. The van der Waals surface area contributed by atoms with Crippen molar-refractivity contribution in [3.63, 3.8) is 0 Å². The topological polar surface area (TPSA) is 73.2 Å². The highest BCUT2D eigenvalue weighted by molar-refractivity contribution is 5.87. The molecule has 1 heterocycles. The van der Waals surface area contributed by atoms with Gasteiger partial charge in [-0.05, 0) is 27.7 Å². The Hall–Kier alpha value is -1.85. The van der Waals surface area contributed by atoms with Gasteiger partial charge in [0.15, 0.2) is 0 Å². The van der Waals surface area contributed by atoms with Gasteiger partial charge in [-0.1, -0.05) is 0 Å². The largest absolute Gasteiger partial charge is 0.444 e. The van der Waals surface area contributed by atoms with Crippen molar-refractivity contribution in [2.45, 2.75) is 39.3 Å². The smallest absolute Gasteiger partial charge is 0.408 e. The van der Waals surface area contributed by atoms with Gasteiger partial charge in [-0.3, -0.25) is 9.36 Å². The monoisotopic (exact) mass is 239 g/mol. The Morgan fingerprint density at radius 1 is 1.41 bits per heavy atom. The molecule has 1 unspecified atom stereocenters. The molecule has 0 fully saturated rings. The second-order valence-electron chi connectivity index (χ2n) is 4.68. The van der Waals surface area contributed by atoms with Crippen molar-refractivity contribution in [2.24, 2.45) is 0 Å². The first kappa shape index (κ1) is 13.2. The first-order valence-corrected chi connectivity index (χ1v) is 5.31. The molecule has 0 aromatic carbocycles. The molecular weight excluding hydrogens is 222 g/mol. The van der Waals surface area contributed by atoms with Gasteiger partial charge in [0.25, 0.3) is 5.91 Å². The molecule has 17 heavy (non-hydrogen) atoms. The lowest BCUT2D eigenvalue weighted by Crippen LogP contribution is -2.43. The number of nitrogens with one attached hydrogen (secondary N) is 1. The lowest BCUT2D eigenvalue weighted by atomic mass is 10.2. The Labute approximate surface area is 100.0 Å². The van der Waals surface area contributed by atoms with Gasteiger partial charge in [0.1, 0.15) is 18.0 Å². The molecule has 94 valence electrons. The van der Waals surface area contributed by atoms with Gasteiger partial charge in [-0.15, -0.1) is 0 Å².